The van der Waals surface area contributed by atoms with E-state index < -0.39 is 0 Å². The third-order valence-corrected chi connectivity index (χ3v) is 4.64. The number of piperidine rings is 1. The van der Waals surface area contributed by atoms with Gasteiger partial charge in [-0.15, -0.1) is 0 Å². The number of carbonyl (C=O) groups is 2. The van der Waals surface area contributed by atoms with Crippen LogP contribution in [0.5, 0.6) is 0 Å². The van der Waals surface area contributed by atoms with E-state index >= 15 is 0 Å². The Kier molecular flexibility index (Phi) is 6.20. The predicted molar refractivity (Wildman–Crippen MR) is 92.6 cm³/mol. The van der Waals surface area contributed by atoms with Gasteiger partial charge in [0.25, 0.3) is 11.8 Å². The molecule has 0 atom stereocenters. The molecule has 1 fully saturated rings. The van der Waals surface area contributed by atoms with Gasteiger partial charge in [0.1, 0.15) is 0 Å². The summed E-state index contributed by atoms with van der Waals surface area (Å²) in [6.45, 7) is 6.78. The lowest BCUT2D eigenvalue weighted by Crippen LogP contribution is -2.37. The van der Waals surface area contributed by atoms with Gasteiger partial charge in [-0.2, -0.15) is 0 Å². The van der Waals surface area contributed by atoms with Crippen molar-refractivity contribution in [3.05, 3.63) is 35.4 Å². The fourth-order valence-electron chi connectivity index (χ4n) is 2.87. The Morgan fingerprint density at radius 1 is 1.13 bits per heavy atom. The van der Waals surface area contributed by atoms with Crippen molar-refractivity contribution in [3.63, 3.8) is 0 Å². The molecule has 0 N–H and O–H groups in total. The fraction of sp³-hybridized carbons (Fsp3) is 0.579. The number of nitrogens with zero attached hydrogens (tertiary/aromatic N) is 2. The first-order chi connectivity index (χ1) is 11.0. The van der Waals surface area contributed by atoms with Crippen LogP contribution in [0.1, 0.15) is 60.2 Å². The number of amides is 2. The van der Waals surface area contributed by atoms with E-state index in [1.54, 1.807) is 29.2 Å². The zero-order valence-corrected chi connectivity index (χ0v) is 14.5. The third kappa shape index (κ3) is 4.57. The lowest BCUT2D eigenvalue weighted by atomic mass is 9.98. The van der Waals surface area contributed by atoms with Gasteiger partial charge in [0.15, 0.2) is 0 Å². The van der Waals surface area contributed by atoms with E-state index in [0.29, 0.717) is 17.0 Å². The molecule has 0 aromatic heterocycles. The molecule has 4 nitrogen and oxygen atoms in total. The molecule has 0 unspecified atom stereocenters. The van der Waals surface area contributed by atoms with Crippen LogP contribution in [0, 0.1) is 5.92 Å². The maximum atomic E-state index is 12.5. The topological polar surface area (TPSA) is 40.6 Å². The van der Waals surface area contributed by atoms with E-state index in [2.05, 4.69) is 13.8 Å². The Balaban J connectivity index is 1.98. The Morgan fingerprint density at radius 2 is 1.70 bits per heavy atom. The van der Waals surface area contributed by atoms with Gasteiger partial charge in [0, 0.05) is 37.8 Å². The van der Waals surface area contributed by atoms with Gasteiger partial charge in [-0.1, -0.05) is 20.3 Å². The van der Waals surface area contributed by atoms with Crippen LogP contribution in [0.4, 0.5) is 0 Å². The molecule has 0 spiro atoms. The summed E-state index contributed by atoms with van der Waals surface area (Å²) in [5, 5.41) is 0. The summed E-state index contributed by atoms with van der Waals surface area (Å²) in [6, 6.07) is 7.09. The highest BCUT2D eigenvalue weighted by Gasteiger charge is 2.21. The molecule has 1 saturated heterocycles. The van der Waals surface area contributed by atoms with Crippen molar-refractivity contribution in [3.8, 4) is 0 Å². The number of hydrogen-bond donors (Lipinski definition) is 0. The standard InChI is InChI=1S/C19H28N2O2/c1-4-5-12-20(3)18(22)16-6-8-17(9-7-16)19(23)21-13-10-15(2)11-14-21/h6-9,15H,4-5,10-14H2,1-3H3. The van der Waals surface area contributed by atoms with Crippen LogP contribution in [0.2, 0.25) is 0 Å². The van der Waals surface area contributed by atoms with Crippen molar-refractivity contribution in [1.29, 1.82) is 0 Å². The van der Waals surface area contributed by atoms with Gasteiger partial charge in [-0.25, -0.2) is 0 Å². The van der Waals surface area contributed by atoms with Crippen molar-refractivity contribution in [1.82, 2.24) is 9.80 Å². The molecule has 0 radical (unpaired) electrons. The number of hydrogen-bond acceptors (Lipinski definition) is 2. The van der Waals surface area contributed by atoms with Crippen molar-refractivity contribution >= 4 is 11.8 Å². The van der Waals surface area contributed by atoms with E-state index in [-0.39, 0.29) is 11.8 Å². The summed E-state index contributed by atoms with van der Waals surface area (Å²) in [4.78, 5) is 28.5. The Morgan fingerprint density at radius 3 is 2.26 bits per heavy atom. The highest BCUT2D eigenvalue weighted by molar-refractivity contribution is 5.97. The molecule has 126 valence electrons. The molecule has 1 aromatic rings. The molecule has 2 amide bonds. The van der Waals surface area contributed by atoms with Crippen molar-refractivity contribution < 1.29 is 9.59 Å². The first-order valence-electron chi connectivity index (χ1n) is 8.67. The van der Waals surface area contributed by atoms with Crippen LogP contribution in [0.15, 0.2) is 24.3 Å². The quantitative estimate of drug-likeness (QED) is 0.835. The predicted octanol–water partition coefficient (Wildman–Crippen LogP) is 3.43. The van der Waals surface area contributed by atoms with Crippen LogP contribution in [0.25, 0.3) is 0 Å². The van der Waals surface area contributed by atoms with Crippen LogP contribution in [-0.4, -0.2) is 48.3 Å². The number of benzene rings is 1. The minimum absolute atomic E-state index is 0.0178. The maximum absolute atomic E-state index is 12.5. The molecule has 2 rings (SSSR count). The number of likely N-dealkylation sites (tertiary alicyclic amines) is 1. The first-order valence-corrected chi connectivity index (χ1v) is 8.67. The normalized spacial score (nSPS) is 15.5. The SMILES string of the molecule is CCCCN(C)C(=O)c1ccc(C(=O)N2CCC(C)CC2)cc1. The van der Waals surface area contributed by atoms with Crippen LogP contribution < -0.4 is 0 Å². The van der Waals surface area contributed by atoms with E-state index in [0.717, 1.165) is 45.3 Å². The van der Waals surface area contributed by atoms with Gasteiger partial charge >= 0.3 is 0 Å². The monoisotopic (exact) mass is 316 g/mol. The lowest BCUT2D eigenvalue weighted by molar-refractivity contribution is 0.0696. The Bertz CT molecular complexity index is 531. The maximum Gasteiger partial charge on any atom is 0.253 e. The average molecular weight is 316 g/mol. The largest absolute Gasteiger partial charge is 0.342 e. The molecule has 23 heavy (non-hydrogen) atoms. The van der Waals surface area contributed by atoms with Gasteiger partial charge in [-0.05, 0) is 49.4 Å². The van der Waals surface area contributed by atoms with Gasteiger partial charge in [0.05, 0.1) is 0 Å². The molecule has 0 saturated carbocycles. The first kappa shape index (κ1) is 17.5. The number of unbranched alkanes of at least 4 members (excludes halogenated alkanes) is 1. The van der Waals surface area contributed by atoms with Crippen molar-refractivity contribution in [2.75, 3.05) is 26.7 Å². The Hall–Kier alpha value is -1.84. The fourth-order valence-corrected chi connectivity index (χ4v) is 2.87. The Labute approximate surface area is 139 Å². The molecule has 4 heteroatoms. The van der Waals surface area contributed by atoms with E-state index in [1.807, 2.05) is 11.9 Å². The molecule has 1 aliphatic heterocycles. The minimum atomic E-state index is 0.0178. The van der Waals surface area contributed by atoms with E-state index in [9.17, 15) is 9.59 Å². The molecule has 1 heterocycles. The van der Waals surface area contributed by atoms with E-state index in [1.165, 1.54) is 0 Å². The average Bonchev–Trinajstić information content (AvgIpc) is 2.59. The summed E-state index contributed by atoms with van der Waals surface area (Å²) >= 11 is 0. The summed E-state index contributed by atoms with van der Waals surface area (Å²) in [5.41, 5.74) is 1.32. The van der Waals surface area contributed by atoms with Gasteiger partial charge < -0.3 is 9.80 Å². The molecule has 1 aromatic carbocycles. The summed E-state index contributed by atoms with van der Waals surface area (Å²) in [5.74, 6) is 0.803. The van der Waals surface area contributed by atoms with Gasteiger partial charge in [-0.3, -0.25) is 9.59 Å². The minimum Gasteiger partial charge on any atom is -0.342 e. The lowest BCUT2D eigenvalue weighted by Gasteiger charge is -2.30. The summed E-state index contributed by atoms with van der Waals surface area (Å²) < 4.78 is 0. The molecule has 0 bridgehead atoms. The molecule has 0 aliphatic carbocycles. The third-order valence-electron chi connectivity index (χ3n) is 4.64. The van der Waals surface area contributed by atoms with Crippen LogP contribution in [0.3, 0.4) is 0 Å². The molecular weight excluding hydrogens is 288 g/mol. The summed E-state index contributed by atoms with van der Waals surface area (Å²) in [7, 11) is 1.83. The second-order valence-electron chi connectivity index (χ2n) is 6.63. The highest BCUT2D eigenvalue weighted by atomic mass is 16.2. The molecule has 1 aliphatic rings. The summed E-state index contributed by atoms with van der Waals surface area (Å²) in [6.07, 6.45) is 4.22. The second kappa shape index (κ2) is 8.14. The number of carbonyl (C=O) groups excluding carboxylic acids is 2. The van der Waals surface area contributed by atoms with Crippen molar-refractivity contribution in [2.24, 2.45) is 5.92 Å². The molecular formula is C19H28N2O2. The zero-order chi connectivity index (χ0) is 16.8. The second-order valence-corrected chi connectivity index (χ2v) is 6.63. The van der Waals surface area contributed by atoms with Crippen molar-refractivity contribution in [2.45, 2.75) is 39.5 Å². The van der Waals surface area contributed by atoms with Crippen LogP contribution >= 0.6 is 0 Å². The number of rotatable bonds is 5. The zero-order valence-electron chi connectivity index (χ0n) is 14.5. The smallest absolute Gasteiger partial charge is 0.253 e. The van der Waals surface area contributed by atoms with Crippen LogP contribution in [-0.2, 0) is 0 Å². The van der Waals surface area contributed by atoms with Gasteiger partial charge in [0.2, 0.25) is 0 Å². The van der Waals surface area contributed by atoms with E-state index in [4.69, 9.17) is 0 Å². The highest BCUT2D eigenvalue weighted by Crippen LogP contribution is 2.18.